The maximum atomic E-state index is 13.5. The minimum Gasteiger partial charge on any atom is -0.396 e. The van der Waals surface area contributed by atoms with Gasteiger partial charge in [-0.05, 0) is 38.5 Å². The average molecular weight is 392 g/mol. The number of anilines is 1. The minimum atomic E-state index is -1.23. The molecule has 28 heavy (non-hydrogen) atoms. The lowest BCUT2D eigenvalue weighted by atomic mass is 9.88. The fraction of sp³-hybridized carbons (Fsp3) is 0.526. The molecule has 0 unspecified atom stereocenters. The number of imide groups is 1. The SMILES string of the molecule is C[C@H]1CN(C(=O)[C@@H](CO)C[C@@]2(C)NC(=O)NC2=O)CCN1c1cccc(F)c1. The molecule has 4 amide bonds. The largest absolute Gasteiger partial charge is 0.396 e. The third-order valence-corrected chi connectivity index (χ3v) is 5.42. The van der Waals surface area contributed by atoms with Crippen LogP contribution in [0.2, 0.25) is 0 Å². The van der Waals surface area contributed by atoms with Crippen molar-refractivity contribution in [3.63, 3.8) is 0 Å². The predicted octanol–water partition coefficient (Wildman–Crippen LogP) is 0.460. The van der Waals surface area contributed by atoms with Gasteiger partial charge in [0.25, 0.3) is 5.91 Å². The number of aliphatic hydroxyl groups excluding tert-OH is 1. The minimum absolute atomic E-state index is 0.0123. The summed E-state index contributed by atoms with van der Waals surface area (Å²) in [5.74, 6) is -1.88. The van der Waals surface area contributed by atoms with E-state index in [1.807, 2.05) is 17.9 Å². The Morgan fingerprint density at radius 3 is 2.71 bits per heavy atom. The number of hydrogen-bond acceptors (Lipinski definition) is 5. The number of urea groups is 1. The molecule has 8 nitrogen and oxygen atoms in total. The van der Waals surface area contributed by atoms with Crippen LogP contribution in [-0.2, 0) is 9.59 Å². The second-order valence-corrected chi connectivity index (χ2v) is 7.63. The number of nitrogens with one attached hydrogen (secondary N) is 2. The summed E-state index contributed by atoms with van der Waals surface area (Å²) >= 11 is 0. The number of hydrogen-bond donors (Lipinski definition) is 3. The van der Waals surface area contributed by atoms with Crippen LogP contribution in [0.25, 0.3) is 0 Å². The molecule has 2 fully saturated rings. The van der Waals surface area contributed by atoms with Gasteiger partial charge in [0.1, 0.15) is 11.4 Å². The lowest BCUT2D eigenvalue weighted by Gasteiger charge is -2.42. The predicted molar refractivity (Wildman–Crippen MR) is 100 cm³/mol. The molecule has 0 bridgehead atoms. The van der Waals surface area contributed by atoms with Crippen LogP contribution in [0.15, 0.2) is 24.3 Å². The Bertz CT molecular complexity index is 789. The molecule has 2 aliphatic rings. The highest BCUT2D eigenvalue weighted by atomic mass is 19.1. The lowest BCUT2D eigenvalue weighted by molar-refractivity contribution is -0.139. The molecular formula is C19H25FN4O4. The fourth-order valence-electron chi connectivity index (χ4n) is 3.90. The molecule has 1 aromatic rings. The highest BCUT2D eigenvalue weighted by Crippen LogP contribution is 2.25. The Labute approximate surface area is 162 Å². The summed E-state index contributed by atoms with van der Waals surface area (Å²) < 4.78 is 13.5. The summed E-state index contributed by atoms with van der Waals surface area (Å²) in [7, 11) is 0. The van der Waals surface area contributed by atoms with Gasteiger partial charge in [-0.2, -0.15) is 0 Å². The van der Waals surface area contributed by atoms with Crippen LogP contribution in [0.5, 0.6) is 0 Å². The molecule has 152 valence electrons. The standard InChI is InChI=1S/C19H25FN4O4/c1-12-10-23(6-7-24(12)15-5-3-4-14(20)8-15)16(26)13(11-25)9-19(2)17(27)21-18(28)22-19/h3-5,8,12-13,25H,6-7,9-11H2,1-2H3,(H2,21,22,27,28)/t12-,13+,19+/m0/s1. The van der Waals surface area contributed by atoms with Crippen LogP contribution in [-0.4, -0.2) is 65.7 Å². The first kappa shape index (κ1) is 20.1. The van der Waals surface area contributed by atoms with Gasteiger partial charge in [0.2, 0.25) is 5.91 Å². The van der Waals surface area contributed by atoms with Crippen LogP contribution in [0, 0.1) is 11.7 Å². The van der Waals surface area contributed by atoms with Crippen LogP contribution >= 0.6 is 0 Å². The highest BCUT2D eigenvalue weighted by molar-refractivity contribution is 6.07. The summed E-state index contributed by atoms with van der Waals surface area (Å²) in [5.41, 5.74) is -0.467. The molecule has 0 saturated carbocycles. The zero-order valence-corrected chi connectivity index (χ0v) is 15.9. The number of benzene rings is 1. The van der Waals surface area contributed by atoms with E-state index >= 15 is 0 Å². The third kappa shape index (κ3) is 3.94. The van der Waals surface area contributed by atoms with Crippen molar-refractivity contribution < 1.29 is 23.9 Å². The molecule has 3 N–H and O–H groups in total. The van der Waals surface area contributed by atoms with Crippen molar-refractivity contribution in [3.05, 3.63) is 30.1 Å². The summed E-state index contributed by atoms with van der Waals surface area (Å²) in [6.07, 6.45) is 0.0123. The number of carbonyl (C=O) groups excluding carboxylic acids is 3. The molecule has 0 aliphatic carbocycles. The molecule has 0 spiro atoms. The number of piperazine rings is 1. The van der Waals surface area contributed by atoms with Crippen molar-refractivity contribution in [1.82, 2.24) is 15.5 Å². The number of amides is 4. The average Bonchev–Trinajstić information content (AvgIpc) is 2.90. The van der Waals surface area contributed by atoms with E-state index in [9.17, 15) is 23.9 Å². The number of carbonyl (C=O) groups is 3. The van der Waals surface area contributed by atoms with E-state index in [1.165, 1.54) is 19.1 Å². The number of halogens is 1. The zero-order valence-electron chi connectivity index (χ0n) is 15.9. The van der Waals surface area contributed by atoms with Gasteiger partial charge in [0.15, 0.2) is 0 Å². The zero-order chi connectivity index (χ0) is 20.5. The normalized spacial score (nSPS) is 26.1. The van der Waals surface area contributed by atoms with Crippen molar-refractivity contribution >= 4 is 23.5 Å². The number of aliphatic hydroxyl groups is 1. The summed E-state index contributed by atoms with van der Waals surface area (Å²) in [5, 5.41) is 14.4. The summed E-state index contributed by atoms with van der Waals surface area (Å²) in [4.78, 5) is 40.0. The quantitative estimate of drug-likeness (QED) is 0.632. The van der Waals surface area contributed by atoms with Crippen LogP contribution in [0.4, 0.5) is 14.9 Å². The lowest BCUT2D eigenvalue weighted by Crippen LogP contribution is -2.56. The molecular weight excluding hydrogens is 367 g/mol. The maximum absolute atomic E-state index is 13.5. The van der Waals surface area contributed by atoms with Crippen molar-refractivity contribution in [2.45, 2.75) is 31.8 Å². The Morgan fingerprint density at radius 1 is 1.39 bits per heavy atom. The second-order valence-electron chi connectivity index (χ2n) is 7.63. The number of rotatable bonds is 5. The van der Waals surface area contributed by atoms with Gasteiger partial charge in [-0.15, -0.1) is 0 Å². The Hall–Kier alpha value is -2.68. The molecule has 9 heteroatoms. The van der Waals surface area contributed by atoms with Crippen molar-refractivity contribution in [1.29, 1.82) is 0 Å². The van der Waals surface area contributed by atoms with Gasteiger partial charge in [-0.25, -0.2) is 9.18 Å². The van der Waals surface area contributed by atoms with Crippen LogP contribution in [0.3, 0.4) is 0 Å². The smallest absolute Gasteiger partial charge is 0.322 e. The second kappa shape index (κ2) is 7.75. The van der Waals surface area contributed by atoms with Crippen LogP contribution in [0.1, 0.15) is 20.3 Å². The molecule has 3 rings (SSSR count). The third-order valence-electron chi connectivity index (χ3n) is 5.42. The van der Waals surface area contributed by atoms with E-state index < -0.39 is 30.0 Å². The molecule has 2 heterocycles. The van der Waals surface area contributed by atoms with Crippen molar-refractivity contribution in [2.75, 3.05) is 31.1 Å². The van der Waals surface area contributed by atoms with Gasteiger partial charge in [0.05, 0.1) is 12.5 Å². The molecule has 0 radical (unpaired) electrons. The number of nitrogens with zero attached hydrogens (tertiary/aromatic N) is 2. The van der Waals surface area contributed by atoms with Gasteiger partial charge >= 0.3 is 6.03 Å². The first-order valence-electron chi connectivity index (χ1n) is 9.29. The Kier molecular flexibility index (Phi) is 5.55. The Morgan fingerprint density at radius 2 is 2.14 bits per heavy atom. The molecule has 0 aromatic heterocycles. The van der Waals surface area contributed by atoms with Gasteiger partial charge < -0.3 is 20.2 Å². The topological polar surface area (TPSA) is 102 Å². The first-order valence-corrected chi connectivity index (χ1v) is 9.29. The van der Waals surface area contributed by atoms with E-state index in [4.69, 9.17) is 0 Å². The molecule has 2 aliphatic heterocycles. The maximum Gasteiger partial charge on any atom is 0.322 e. The Balaban J connectivity index is 1.66. The van der Waals surface area contributed by atoms with Crippen molar-refractivity contribution in [2.24, 2.45) is 5.92 Å². The summed E-state index contributed by atoms with van der Waals surface area (Å²) in [6, 6.07) is 5.69. The van der Waals surface area contributed by atoms with E-state index in [-0.39, 0.29) is 24.2 Å². The van der Waals surface area contributed by atoms with Crippen molar-refractivity contribution in [3.8, 4) is 0 Å². The van der Waals surface area contributed by atoms with E-state index in [2.05, 4.69) is 10.6 Å². The summed E-state index contributed by atoms with van der Waals surface area (Å²) in [6.45, 7) is 4.43. The van der Waals surface area contributed by atoms with Gasteiger partial charge in [0, 0.05) is 31.4 Å². The molecule has 2 saturated heterocycles. The van der Waals surface area contributed by atoms with E-state index in [0.29, 0.717) is 19.6 Å². The molecule has 3 atom stereocenters. The van der Waals surface area contributed by atoms with E-state index in [1.54, 1.807) is 11.0 Å². The van der Waals surface area contributed by atoms with E-state index in [0.717, 1.165) is 5.69 Å². The highest BCUT2D eigenvalue weighted by Gasteiger charge is 2.45. The first-order chi connectivity index (χ1) is 13.2. The van der Waals surface area contributed by atoms with Gasteiger partial charge in [-0.1, -0.05) is 6.07 Å². The van der Waals surface area contributed by atoms with Gasteiger partial charge in [-0.3, -0.25) is 14.9 Å². The monoisotopic (exact) mass is 392 g/mol. The molecule has 1 aromatic carbocycles. The fourth-order valence-corrected chi connectivity index (χ4v) is 3.90. The van der Waals surface area contributed by atoms with Crippen LogP contribution < -0.4 is 15.5 Å².